The monoisotopic (exact) mass is 362 g/mol. The summed E-state index contributed by atoms with van der Waals surface area (Å²) in [5.41, 5.74) is 2.65. The first kappa shape index (κ1) is 18.9. The third-order valence-corrected chi connectivity index (χ3v) is 4.07. The summed E-state index contributed by atoms with van der Waals surface area (Å²) < 4.78 is 10.4. The van der Waals surface area contributed by atoms with Gasteiger partial charge in [0.25, 0.3) is 0 Å². The standard InChI is InChI=1S/C19H23ClN2O3/c1-12(2)13-5-7-14(8-6-13)21-11-19(23)22-16-10-17(24-3)15(20)9-18(16)25-4/h5-10,12,21H,11H2,1-4H3,(H,22,23). The zero-order chi connectivity index (χ0) is 18.4. The number of methoxy groups -OCH3 is 2. The number of hydrogen-bond acceptors (Lipinski definition) is 4. The Labute approximate surface area is 153 Å². The van der Waals surface area contributed by atoms with Crippen LogP contribution in [0.1, 0.15) is 25.3 Å². The van der Waals surface area contributed by atoms with Crippen molar-refractivity contribution in [2.75, 3.05) is 31.4 Å². The Bertz CT molecular complexity index is 730. The molecule has 0 aliphatic carbocycles. The van der Waals surface area contributed by atoms with Gasteiger partial charge in [0.15, 0.2) is 0 Å². The Morgan fingerprint density at radius 2 is 1.72 bits per heavy atom. The van der Waals surface area contributed by atoms with E-state index in [2.05, 4.69) is 36.6 Å². The van der Waals surface area contributed by atoms with E-state index in [1.54, 1.807) is 12.1 Å². The van der Waals surface area contributed by atoms with Crippen LogP contribution in [0.3, 0.4) is 0 Å². The van der Waals surface area contributed by atoms with Gasteiger partial charge >= 0.3 is 0 Å². The van der Waals surface area contributed by atoms with Crippen LogP contribution in [0.15, 0.2) is 36.4 Å². The van der Waals surface area contributed by atoms with E-state index in [0.717, 1.165) is 5.69 Å². The first-order valence-electron chi connectivity index (χ1n) is 7.99. The molecule has 5 nitrogen and oxygen atoms in total. The van der Waals surface area contributed by atoms with Crippen LogP contribution in [0.2, 0.25) is 5.02 Å². The van der Waals surface area contributed by atoms with E-state index in [0.29, 0.717) is 28.1 Å². The Morgan fingerprint density at radius 1 is 1.08 bits per heavy atom. The van der Waals surface area contributed by atoms with Crippen molar-refractivity contribution in [3.05, 3.63) is 47.0 Å². The minimum atomic E-state index is -0.199. The Kier molecular flexibility index (Phi) is 6.53. The van der Waals surface area contributed by atoms with Crippen LogP contribution in [0, 0.1) is 0 Å². The van der Waals surface area contributed by atoms with E-state index in [-0.39, 0.29) is 12.5 Å². The lowest BCUT2D eigenvalue weighted by molar-refractivity contribution is -0.114. The number of halogens is 1. The molecule has 134 valence electrons. The number of carbonyl (C=O) groups excluding carboxylic acids is 1. The van der Waals surface area contributed by atoms with Gasteiger partial charge in [-0.1, -0.05) is 37.6 Å². The van der Waals surface area contributed by atoms with Crippen molar-refractivity contribution in [3.63, 3.8) is 0 Å². The quantitative estimate of drug-likeness (QED) is 0.759. The van der Waals surface area contributed by atoms with Crippen molar-refractivity contribution in [3.8, 4) is 11.5 Å². The maximum Gasteiger partial charge on any atom is 0.243 e. The number of ether oxygens (including phenoxy) is 2. The lowest BCUT2D eigenvalue weighted by atomic mass is 10.0. The van der Waals surface area contributed by atoms with Crippen LogP contribution in [-0.4, -0.2) is 26.7 Å². The minimum absolute atomic E-state index is 0.134. The fourth-order valence-electron chi connectivity index (χ4n) is 2.32. The van der Waals surface area contributed by atoms with E-state index < -0.39 is 0 Å². The molecule has 0 fully saturated rings. The maximum atomic E-state index is 12.2. The molecular formula is C19H23ClN2O3. The highest BCUT2D eigenvalue weighted by atomic mass is 35.5. The largest absolute Gasteiger partial charge is 0.495 e. The second-order valence-electron chi connectivity index (χ2n) is 5.87. The van der Waals surface area contributed by atoms with E-state index in [1.165, 1.54) is 19.8 Å². The summed E-state index contributed by atoms with van der Waals surface area (Å²) in [6, 6.07) is 11.3. The molecule has 0 unspecified atom stereocenters. The number of nitrogens with one attached hydrogen (secondary N) is 2. The maximum absolute atomic E-state index is 12.2. The van der Waals surface area contributed by atoms with Crippen LogP contribution in [0.4, 0.5) is 11.4 Å². The predicted molar refractivity (Wildman–Crippen MR) is 102 cm³/mol. The average molecular weight is 363 g/mol. The molecule has 6 heteroatoms. The highest BCUT2D eigenvalue weighted by Gasteiger charge is 2.12. The zero-order valence-electron chi connectivity index (χ0n) is 14.9. The fraction of sp³-hybridized carbons (Fsp3) is 0.316. The SMILES string of the molecule is COc1cc(NC(=O)CNc2ccc(C(C)C)cc2)c(OC)cc1Cl. The lowest BCUT2D eigenvalue weighted by Gasteiger charge is -2.14. The van der Waals surface area contributed by atoms with Gasteiger partial charge < -0.3 is 20.1 Å². The van der Waals surface area contributed by atoms with Crippen LogP contribution >= 0.6 is 11.6 Å². The third kappa shape index (κ3) is 5.03. The molecule has 0 heterocycles. The van der Waals surface area contributed by atoms with Crippen molar-refractivity contribution in [2.24, 2.45) is 0 Å². The average Bonchev–Trinajstić information content (AvgIpc) is 2.61. The minimum Gasteiger partial charge on any atom is -0.495 e. The van der Waals surface area contributed by atoms with Crippen molar-refractivity contribution in [2.45, 2.75) is 19.8 Å². The van der Waals surface area contributed by atoms with Gasteiger partial charge in [0.2, 0.25) is 5.91 Å². The molecule has 1 amide bonds. The van der Waals surface area contributed by atoms with E-state index >= 15 is 0 Å². The van der Waals surface area contributed by atoms with Crippen molar-refractivity contribution in [1.82, 2.24) is 0 Å². The molecule has 0 aliphatic heterocycles. The van der Waals surface area contributed by atoms with Crippen LogP contribution in [0.25, 0.3) is 0 Å². The summed E-state index contributed by atoms with van der Waals surface area (Å²) in [6.07, 6.45) is 0. The third-order valence-electron chi connectivity index (χ3n) is 3.78. The first-order valence-corrected chi connectivity index (χ1v) is 8.37. The second kappa shape index (κ2) is 8.62. The molecule has 2 aromatic carbocycles. The van der Waals surface area contributed by atoms with Gasteiger partial charge in [0.05, 0.1) is 31.5 Å². The molecule has 2 N–H and O–H groups in total. The van der Waals surface area contributed by atoms with Crippen LogP contribution < -0.4 is 20.1 Å². The molecule has 25 heavy (non-hydrogen) atoms. The second-order valence-corrected chi connectivity index (χ2v) is 6.27. The first-order chi connectivity index (χ1) is 11.9. The highest BCUT2D eigenvalue weighted by Crippen LogP contribution is 2.35. The topological polar surface area (TPSA) is 59.6 Å². The van der Waals surface area contributed by atoms with E-state index in [9.17, 15) is 4.79 Å². The van der Waals surface area contributed by atoms with E-state index in [4.69, 9.17) is 21.1 Å². The Morgan fingerprint density at radius 3 is 2.28 bits per heavy atom. The van der Waals surface area contributed by atoms with Crippen molar-refractivity contribution >= 4 is 28.9 Å². The molecule has 2 rings (SSSR count). The van der Waals surface area contributed by atoms with Crippen molar-refractivity contribution in [1.29, 1.82) is 0 Å². The summed E-state index contributed by atoms with van der Waals surface area (Å²) in [5, 5.41) is 6.31. The van der Waals surface area contributed by atoms with Gasteiger partial charge in [-0.15, -0.1) is 0 Å². The number of amides is 1. The number of hydrogen-bond donors (Lipinski definition) is 2. The number of benzene rings is 2. The fourth-order valence-corrected chi connectivity index (χ4v) is 2.55. The molecule has 0 aromatic heterocycles. The summed E-state index contributed by atoms with van der Waals surface area (Å²) >= 11 is 6.06. The molecular weight excluding hydrogens is 340 g/mol. The molecule has 0 bridgehead atoms. The molecule has 0 saturated heterocycles. The summed E-state index contributed by atoms with van der Waals surface area (Å²) in [4.78, 5) is 12.2. The molecule has 0 spiro atoms. The smallest absolute Gasteiger partial charge is 0.243 e. The lowest BCUT2D eigenvalue weighted by Crippen LogP contribution is -2.22. The number of anilines is 2. The number of carbonyl (C=O) groups is 1. The molecule has 0 aliphatic rings. The normalized spacial score (nSPS) is 10.5. The summed E-state index contributed by atoms with van der Waals surface area (Å²) in [7, 11) is 3.03. The molecule has 0 atom stereocenters. The van der Waals surface area contributed by atoms with Gasteiger partial charge in [-0.05, 0) is 23.6 Å². The van der Waals surface area contributed by atoms with Gasteiger partial charge in [0, 0.05) is 17.8 Å². The van der Waals surface area contributed by atoms with Gasteiger partial charge in [-0.25, -0.2) is 0 Å². The van der Waals surface area contributed by atoms with Crippen molar-refractivity contribution < 1.29 is 14.3 Å². The highest BCUT2D eigenvalue weighted by molar-refractivity contribution is 6.32. The van der Waals surface area contributed by atoms with Crippen LogP contribution in [-0.2, 0) is 4.79 Å². The zero-order valence-corrected chi connectivity index (χ0v) is 15.6. The van der Waals surface area contributed by atoms with Gasteiger partial charge in [-0.2, -0.15) is 0 Å². The summed E-state index contributed by atoms with van der Waals surface area (Å²) in [5.74, 6) is 1.22. The predicted octanol–water partition coefficient (Wildman–Crippen LogP) is 4.53. The molecule has 0 saturated carbocycles. The van der Waals surface area contributed by atoms with E-state index in [1.807, 2.05) is 12.1 Å². The Hall–Kier alpha value is -2.40. The summed E-state index contributed by atoms with van der Waals surface area (Å²) in [6.45, 7) is 4.42. The Balaban J connectivity index is 2.00. The van der Waals surface area contributed by atoms with Crippen LogP contribution in [0.5, 0.6) is 11.5 Å². The number of rotatable bonds is 7. The van der Waals surface area contributed by atoms with Gasteiger partial charge in [-0.3, -0.25) is 4.79 Å². The van der Waals surface area contributed by atoms with Gasteiger partial charge in [0.1, 0.15) is 11.5 Å². The molecule has 2 aromatic rings. The molecule has 0 radical (unpaired) electrons.